The maximum atomic E-state index is 14.5. The van der Waals surface area contributed by atoms with Crippen LogP contribution in [0.25, 0.3) is 16.9 Å². The molecule has 0 amide bonds. The molecule has 1 aromatic carbocycles. The molecule has 1 aliphatic heterocycles. The van der Waals surface area contributed by atoms with E-state index in [2.05, 4.69) is 20.4 Å². The molecule has 0 saturated heterocycles. The predicted octanol–water partition coefficient (Wildman–Crippen LogP) is 2.39. The summed E-state index contributed by atoms with van der Waals surface area (Å²) in [5.74, 6) is -0.462. The van der Waals surface area contributed by atoms with E-state index in [0.29, 0.717) is 47.2 Å². The number of aromatic nitrogens is 5. The van der Waals surface area contributed by atoms with Crippen molar-refractivity contribution in [3.05, 3.63) is 58.9 Å². The minimum Gasteiger partial charge on any atom is -0.493 e. The molecular formula is C21H16FN7O3. The van der Waals surface area contributed by atoms with Crippen LogP contribution in [0.5, 0.6) is 5.75 Å². The number of halogens is 1. The average molecular weight is 433 g/mol. The number of fused-ring (bicyclic) bond motifs is 2. The van der Waals surface area contributed by atoms with E-state index < -0.39 is 5.97 Å². The Morgan fingerprint density at radius 3 is 3.03 bits per heavy atom. The topological polar surface area (TPSA) is 130 Å². The van der Waals surface area contributed by atoms with Crippen LogP contribution in [-0.4, -0.2) is 41.8 Å². The molecule has 2 N–H and O–H groups in total. The van der Waals surface area contributed by atoms with Gasteiger partial charge in [0.05, 0.1) is 24.1 Å². The number of hydrogen-bond donors (Lipinski definition) is 2. The highest BCUT2D eigenvalue weighted by Crippen LogP contribution is 2.31. The van der Waals surface area contributed by atoms with Crippen LogP contribution in [0.3, 0.4) is 0 Å². The molecule has 10 nitrogen and oxygen atoms in total. The first-order valence-corrected chi connectivity index (χ1v) is 9.69. The van der Waals surface area contributed by atoms with Crippen molar-refractivity contribution < 1.29 is 19.0 Å². The van der Waals surface area contributed by atoms with Gasteiger partial charge in [0.1, 0.15) is 17.6 Å². The average Bonchev–Trinajstić information content (AvgIpc) is 3.50. The Bertz CT molecular complexity index is 1430. The van der Waals surface area contributed by atoms with E-state index >= 15 is 0 Å². The quantitative estimate of drug-likeness (QED) is 0.491. The second kappa shape index (κ2) is 7.35. The Labute approximate surface area is 180 Å². The van der Waals surface area contributed by atoms with E-state index in [1.54, 1.807) is 17.5 Å². The number of carboxylic acids is 1. The first-order chi connectivity index (χ1) is 15.5. The first kappa shape index (κ1) is 19.5. The molecule has 3 aromatic heterocycles. The Balaban J connectivity index is 1.56. The fourth-order valence-electron chi connectivity index (χ4n) is 3.84. The van der Waals surface area contributed by atoms with Gasteiger partial charge < -0.3 is 15.2 Å². The lowest BCUT2D eigenvalue weighted by Crippen LogP contribution is -2.10. The summed E-state index contributed by atoms with van der Waals surface area (Å²) in [7, 11) is 1.61. The highest BCUT2D eigenvalue weighted by molar-refractivity contribution is 5.88. The molecule has 0 fully saturated rings. The molecule has 32 heavy (non-hydrogen) atoms. The third-order valence-corrected chi connectivity index (χ3v) is 5.34. The molecular weight excluding hydrogens is 417 g/mol. The molecule has 4 aromatic rings. The molecule has 0 bridgehead atoms. The van der Waals surface area contributed by atoms with E-state index in [9.17, 15) is 19.6 Å². The fraction of sp³-hybridized carbons (Fsp3) is 0.190. The SMILES string of the molecule is Cn1nc(C(=O)O)cc1-c1cnc(NCc2c(F)ccc3c2CCO3)n2cc(C#N)nc12. The number of carbonyl (C=O) groups is 1. The lowest BCUT2D eigenvalue weighted by molar-refractivity contribution is 0.0689. The molecule has 5 rings (SSSR count). The van der Waals surface area contributed by atoms with Crippen LogP contribution in [0.2, 0.25) is 0 Å². The smallest absolute Gasteiger partial charge is 0.356 e. The van der Waals surface area contributed by atoms with E-state index in [1.807, 2.05) is 6.07 Å². The lowest BCUT2D eigenvalue weighted by atomic mass is 10.0. The minimum atomic E-state index is -1.16. The Hall–Kier alpha value is -4.46. The van der Waals surface area contributed by atoms with Gasteiger partial charge in [-0.2, -0.15) is 10.4 Å². The maximum Gasteiger partial charge on any atom is 0.356 e. The van der Waals surface area contributed by atoms with Gasteiger partial charge >= 0.3 is 5.97 Å². The van der Waals surface area contributed by atoms with Crippen LogP contribution < -0.4 is 10.1 Å². The van der Waals surface area contributed by atoms with Crippen LogP contribution in [-0.2, 0) is 20.0 Å². The molecule has 0 radical (unpaired) electrons. The van der Waals surface area contributed by atoms with Crippen LogP contribution in [0.4, 0.5) is 10.3 Å². The van der Waals surface area contributed by atoms with Crippen molar-refractivity contribution in [3.8, 4) is 23.1 Å². The maximum absolute atomic E-state index is 14.5. The molecule has 0 saturated carbocycles. The molecule has 4 heterocycles. The summed E-state index contributed by atoms with van der Waals surface area (Å²) < 4.78 is 23.0. The van der Waals surface area contributed by atoms with Gasteiger partial charge in [-0.25, -0.2) is 19.2 Å². The monoisotopic (exact) mass is 433 g/mol. The van der Waals surface area contributed by atoms with Gasteiger partial charge in [-0.15, -0.1) is 0 Å². The highest BCUT2D eigenvalue weighted by atomic mass is 19.1. The highest BCUT2D eigenvalue weighted by Gasteiger charge is 2.21. The van der Waals surface area contributed by atoms with Crippen LogP contribution in [0, 0.1) is 17.1 Å². The Kier molecular flexibility index (Phi) is 4.48. The molecule has 1 aliphatic rings. The predicted molar refractivity (Wildman–Crippen MR) is 110 cm³/mol. The minimum absolute atomic E-state index is 0.120. The van der Waals surface area contributed by atoms with Crippen molar-refractivity contribution >= 4 is 17.6 Å². The summed E-state index contributed by atoms with van der Waals surface area (Å²) >= 11 is 0. The van der Waals surface area contributed by atoms with Crippen LogP contribution >= 0.6 is 0 Å². The van der Waals surface area contributed by atoms with Crippen LogP contribution in [0.1, 0.15) is 27.3 Å². The molecule has 0 unspecified atom stereocenters. The normalized spacial score (nSPS) is 12.4. The summed E-state index contributed by atoms with van der Waals surface area (Å²) in [5, 5.41) is 25.7. The zero-order valence-electron chi connectivity index (χ0n) is 16.8. The van der Waals surface area contributed by atoms with E-state index in [4.69, 9.17) is 4.74 Å². The van der Waals surface area contributed by atoms with Gasteiger partial charge in [0.15, 0.2) is 17.0 Å². The number of benzene rings is 1. The number of aryl methyl sites for hydroxylation is 1. The van der Waals surface area contributed by atoms with Gasteiger partial charge in [0.25, 0.3) is 0 Å². The third kappa shape index (κ3) is 3.09. The molecule has 160 valence electrons. The number of hydrogen-bond acceptors (Lipinski definition) is 7. The zero-order valence-corrected chi connectivity index (χ0v) is 16.8. The molecule has 0 aliphatic carbocycles. The Morgan fingerprint density at radius 1 is 1.44 bits per heavy atom. The number of rotatable bonds is 5. The third-order valence-electron chi connectivity index (χ3n) is 5.34. The Morgan fingerprint density at radius 2 is 2.28 bits per heavy atom. The summed E-state index contributed by atoms with van der Waals surface area (Å²) in [5.41, 5.74) is 2.72. The number of nitrogens with one attached hydrogen (secondary N) is 1. The molecule has 0 atom stereocenters. The summed E-state index contributed by atoms with van der Waals surface area (Å²) in [6.07, 6.45) is 3.66. The van der Waals surface area contributed by atoms with Crippen molar-refractivity contribution in [2.24, 2.45) is 7.05 Å². The standard InChI is InChI=1S/C21H16FN7O3/c1-28-17(6-16(27-28)20(30)31)14-9-25-21(29-10-11(7-23)26-19(14)29)24-8-13-12-4-5-32-18(12)3-2-15(13)22/h2-3,6,9-10H,4-5,8H2,1H3,(H,24,25)(H,30,31). The zero-order chi connectivity index (χ0) is 22.4. The van der Waals surface area contributed by atoms with Crippen molar-refractivity contribution in [3.63, 3.8) is 0 Å². The number of imidazole rings is 1. The van der Waals surface area contributed by atoms with Gasteiger partial charge in [-0.3, -0.25) is 9.08 Å². The van der Waals surface area contributed by atoms with Gasteiger partial charge in [0, 0.05) is 37.3 Å². The van der Waals surface area contributed by atoms with Crippen molar-refractivity contribution in [2.45, 2.75) is 13.0 Å². The van der Waals surface area contributed by atoms with E-state index in [0.717, 1.165) is 5.56 Å². The van der Waals surface area contributed by atoms with Crippen molar-refractivity contribution in [1.82, 2.24) is 24.1 Å². The fourth-order valence-corrected chi connectivity index (χ4v) is 3.84. The number of nitrogens with zero attached hydrogens (tertiary/aromatic N) is 6. The number of anilines is 1. The van der Waals surface area contributed by atoms with Gasteiger partial charge in [0.2, 0.25) is 5.95 Å². The number of nitriles is 1. The van der Waals surface area contributed by atoms with Gasteiger partial charge in [-0.05, 0) is 18.2 Å². The molecule has 11 heteroatoms. The number of carboxylic acid groups (broad SMARTS) is 1. The van der Waals surface area contributed by atoms with Crippen molar-refractivity contribution in [1.29, 1.82) is 5.26 Å². The van der Waals surface area contributed by atoms with Gasteiger partial charge in [-0.1, -0.05) is 0 Å². The lowest BCUT2D eigenvalue weighted by Gasteiger charge is -2.13. The van der Waals surface area contributed by atoms with E-state index in [-0.39, 0.29) is 23.7 Å². The number of ether oxygens (including phenoxy) is 1. The van der Waals surface area contributed by atoms with E-state index in [1.165, 1.54) is 29.2 Å². The van der Waals surface area contributed by atoms with Crippen molar-refractivity contribution in [2.75, 3.05) is 11.9 Å². The number of aromatic carboxylic acids is 1. The van der Waals surface area contributed by atoms with Crippen LogP contribution in [0.15, 0.2) is 30.6 Å². The second-order valence-corrected chi connectivity index (χ2v) is 7.23. The largest absolute Gasteiger partial charge is 0.493 e. The second-order valence-electron chi connectivity index (χ2n) is 7.23. The first-order valence-electron chi connectivity index (χ1n) is 9.69. The molecule has 0 spiro atoms. The summed E-state index contributed by atoms with van der Waals surface area (Å²) in [6, 6.07) is 6.41. The summed E-state index contributed by atoms with van der Waals surface area (Å²) in [4.78, 5) is 20.0. The summed E-state index contributed by atoms with van der Waals surface area (Å²) in [6.45, 7) is 0.674.